The number of imidazole rings is 1. The van der Waals surface area contributed by atoms with Gasteiger partial charge in [0.25, 0.3) is 0 Å². The molecule has 1 amide bonds. The summed E-state index contributed by atoms with van der Waals surface area (Å²) in [7, 11) is 2.03. The predicted molar refractivity (Wildman–Crippen MR) is 144 cm³/mol. The topological polar surface area (TPSA) is 59.4 Å². The van der Waals surface area contributed by atoms with Crippen molar-refractivity contribution in [3.05, 3.63) is 57.3 Å². The summed E-state index contributed by atoms with van der Waals surface area (Å²) in [6, 6.07) is 9.90. The number of alkyl carbamates (subject to hydrolysis) is 1. The quantitative estimate of drug-likeness (QED) is 0.408. The van der Waals surface area contributed by atoms with E-state index in [-0.39, 0.29) is 0 Å². The monoisotopic (exact) mass is 516 g/mol. The van der Waals surface area contributed by atoms with E-state index in [0.29, 0.717) is 18.0 Å². The number of carbonyl (C=O) groups is 1. The zero-order valence-electron chi connectivity index (χ0n) is 21.1. The van der Waals surface area contributed by atoms with Gasteiger partial charge < -0.3 is 19.5 Å². The van der Waals surface area contributed by atoms with Crippen LogP contribution in [0.3, 0.4) is 0 Å². The molecule has 4 rings (SSSR count). The summed E-state index contributed by atoms with van der Waals surface area (Å²) in [5.74, 6) is 1.66. The van der Waals surface area contributed by atoms with Crippen LogP contribution < -0.4 is 10.2 Å². The van der Waals surface area contributed by atoms with Gasteiger partial charge in [0.15, 0.2) is 0 Å². The third-order valence-corrected chi connectivity index (χ3v) is 7.13. The van der Waals surface area contributed by atoms with Gasteiger partial charge in [-0.15, -0.1) is 0 Å². The lowest BCUT2D eigenvalue weighted by atomic mass is 9.99. The van der Waals surface area contributed by atoms with E-state index in [1.807, 2.05) is 52.1 Å². The number of rotatable bonds is 5. The van der Waals surface area contributed by atoms with Gasteiger partial charge in [-0.2, -0.15) is 0 Å². The summed E-state index contributed by atoms with van der Waals surface area (Å²) in [5.41, 5.74) is 4.36. The van der Waals surface area contributed by atoms with Crippen molar-refractivity contribution in [1.29, 1.82) is 0 Å². The van der Waals surface area contributed by atoms with Crippen molar-refractivity contribution in [2.45, 2.75) is 59.1 Å². The molecule has 3 aromatic rings. The van der Waals surface area contributed by atoms with E-state index in [4.69, 9.17) is 32.9 Å². The smallest absolute Gasteiger partial charge is 0.407 e. The molecule has 0 radical (unpaired) electrons. The molecule has 2 heterocycles. The Hall–Kier alpha value is -2.44. The summed E-state index contributed by atoms with van der Waals surface area (Å²) in [5, 5.41) is 4.21. The van der Waals surface area contributed by atoms with Gasteiger partial charge in [-0.3, -0.25) is 0 Å². The zero-order valence-corrected chi connectivity index (χ0v) is 22.6. The van der Waals surface area contributed by atoms with E-state index in [1.54, 1.807) is 0 Å². The van der Waals surface area contributed by atoms with Crippen molar-refractivity contribution in [3.8, 4) is 0 Å². The zero-order chi connectivity index (χ0) is 25.3. The number of piperidine rings is 1. The van der Waals surface area contributed by atoms with Gasteiger partial charge in [-0.05, 0) is 68.9 Å². The van der Waals surface area contributed by atoms with Crippen LogP contribution in [0.25, 0.3) is 11.0 Å². The molecule has 1 saturated heterocycles. The molecule has 2 aromatic carbocycles. The molecule has 1 fully saturated rings. The molecule has 0 saturated carbocycles. The van der Waals surface area contributed by atoms with Crippen molar-refractivity contribution in [2.75, 3.05) is 18.0 Å². The molecule has 35 heavy (non-hydrogen) atoms. The van der Waals surface area contributed by atoms with Crippen LogP contribution in [0, 0.1) is 5.92 Å². The minimum atomic E-state index is -0.537. The number of nitrogens with one attached hydrogen (secondary N) is 1. The molecule has 6 nitrogen and oxygen atoms in total. The molecule has 8 heteroatoms. The molecular formula is C27H34Cl2N4O2. The number of ether oxygens (including phenoxy) is 1. The number of carbonyl (C=O) groups excluding carboxylic acids is 1. The minimum Gasteiger partial charge on any atom is -0.444 e. The first-order valence-corrected chi connectivity index (χ1v) is 12.9. The van der Waals surface area contributed by atoms with Crippen molar-refractivity contribution in [3.63, 3.8) is 0 Å². The Balaban J connectivity index is 1.53. The number of aryl methyl sites for hydroxylation is 1. The Morgan fingerprint density at radius 2 is 1.86 bits per heavy atom. The van der Waals surface area contributed by atoms with Gasteiger partial charge in [0.2, 0.25) is 0 Å². The summed E-state index contributed by atoms with van der Waals surface area (Å²) >= 11 is 13.2. The summed E-state index contributed by atoms with van der Waals surface area (Å²) in [6.07, 6.45) is 2.49. The highest BCUT2D eigenvalue weighted by Gasteiger charge is 2.21. The fourth-order valence-electron chi connectivity index (χ4n) is 4.43. The Kier molecular flexibility index (Phi) is 7.53. The van der Waals surface area contributed by atoms with Crippen LogP contribution in [0.5, 0.6) is 0 Å². The predicted octanol–water partition coefficient (Wildman–Crippen LogP) is 6.73. The molecule has 0 bridgehead atoms. The average Bonchev–Trinajstić information content (AvgIpc) is 3.07. The molecular weight excluding hydrogens is 483 g/mol. The van der Waals surface area contributed by atoms with Gasteiger partial charge in [-0.1, -0.05) is 42.3 Å². The normalized spacial score (nSPS) is 15.0. The number of benzene rings is 2. The van der Waals surface area contributed by atoms with E-state index < -0.39 is 11.7 Å². The fourth-order valence-corrected chi connectivity index (χ4v) is 4.90. The number of nitrogens with zero attached hydrogens (tertiary/aromatic N) is 3. The van der Waals surface area contributed by atoms with Gasteiger partial charge in [-0.25, -0.2) is 9.78 Å². The third-order valence-electron chi connectivity index (χ3n) is 6.46. The van der Waals surface area contributed by atoms with Crippen LogP contribution in [-0.2, 0) is 24.8 Å². The molecule has 0 atom stereocenters. The Morgan fingerprint density at radius 3 is 2.54 bits per heavy atom. The van der Waals surface area contributed by atoms with Crippen molar-refractivity contribution in [1.82, 2.24) is 14.9 Å². The number of anilines is 1. The highest BCUT2D eigenvalue weighted by molar-refractivity contribution is 6.34. The lowest BCUT2D eigenvalue weighted by Gasteiger charge is -2.32. The highest BCUT2D eigenvalue weighted by Crippen LogP contribution is 2.34. The number of hydrogen-bond donors (Lipinski definition) is 1. The van der Waals surface area contributed by atoms with E-state index >= 15 is 0 Å². The van der Waals surface area contributed by atoms with Crippen LogP contribution in [0.1, 0.15) is 57.5 Å². The highest BCUT2D eigenvalue weighted by atomic mass is 35.5. The standard InChI is InChI=1S/C27H34Cl2N4O2/c1-17-8-10-33(11-9-17)23-15-24-22(14-21(23)29)31-25(32(24)5)13-19-12-18(6-7-20(19)28)16-30-26(34)35-27(2,3)4/h6-7,12,14-15,17H,8-11,13,16H2,1-5H3,(H,30,34). The largest absolute Gasteiger partial charge is 0.444 e. The molecule has 0 spiro atoms. The number of fused-ring (bicyclic) bond motifs is 1. The van der Waals surface area contributed by atoms with Crippen molar-refractivity contribution < 1.29 is 9.53 Å². The average molecular weight is 518 g/mol. The van der Waals surface area contributed by atoms with E-state index in [1.165, 1.54) is 12.8 Å². The first-order chi connectivity index (χ1) is 16.5. The fraction of sp³-hybridized carbons (Fsp3) is 0.481. The van der Waals surface area contributed by atoms with E-state index in [2.05, 4.69) is 27.8 Å². The Morgan fingerprint density at radius 1 is 1.14 bits per heavy atom. The molecule has 1 N–H and O–H groups in total. The molecule has 1 aliphatic heterocycles. The molecule has 0 unspecified atom stereocenters. The molecule has 0 aliphatic carbocycles. The van der Waals surface area contributed by atoms with Crippen molar-refractivity contribution >= 4 is 46.0 Å². The second-order valence-corrected chi connectivity index (χ2v) is 11.3. The Labute approximate surface area is 217 Å². The van der Waals surface area contributed by atoms with Crippen LogP contribution in [0.15, 0.2) is 30.3 Å². The maximum Gasteiger partial charge on any atom is 0.407 e. The van der Waals surface area contributed by atoms with Gasteiger partial charge in [0, 0.05) is 38.1 Å². The Bertz CT molecular complexity index is 1220. The number of hydrogen-bond acceptors (Lipinski definition) is 4. The number of amides is 1. The first-order valence-electron chi connectivity index (χ1n) is 12.1. The minimum absolute atomic E-state index is 0.356. The molecule has 1 aromatic heterocycles. The van der Waals surface area contributed by atoms with Gasteiger partial charge in [0.05, 0.1) is 21.7 Å². The van der Waals surface area contributed by atoms with E-state index in [0.717, 1.165) is 57.7 Å². The number of aromatic nitrogens is 2. The lowest BCUT2D eigenvalue weighted by Crippen LogP contribution is -2.32. The van der Waals surface area contributed by atoms with Crippen LogP contribution in [0.4, 0.5) is 10.5 Å². The lowest BCUT2D eigenvalue weighted by molar-refractivity contribution is 0.0523. The molecule has 188 valence electrons. The summed E-state index contributed by atoms with van der Waals surface area (Å²) < 4.78 is 7.44. The molecule has 1 aliphatic rings. The first kappa shape index (κ1) is 25.6. The third kappa shape index (κ3) is 6.22. The maximum atomic E-state index is 12.0. The van der Waals surface area contributed by atoms with Crippen LogP contribution in [0.2, 0.25) is 10.0 Å². The van der Waals surface area contributed by atoms with Crippen molar-refractivity contribution in [2.24, 2.45) is 13.0 Å². The maximum absolute atomic E-state index is 12.0. The van der Waals surface area contributed by atoms with Gasteiger partial charge in [0.1, 0.15) is 11.4 Å². The van der Waals surface area contributed by atoms with Crippen LogP contribution >= 0.6 is 23.2 Å². The summed E-state index contributed by atoms with van der Waals surface area (Å²) in [6.45, 7) is 10.2. The van der Waals surface area contributed by atoms with E-state index in [9.17, 15) is 4.79 Å². The van der Waals surface area contributed by atoms with Crippen LogP contribution in [-0.4, -0.2) is 34.3 Å². The second-order valence-electron chi connectivity index (χ2n) is 10.5. The summed E-state index contributed by atoms with van der Waals surface area (Å²) in [4.78, 5) is 19.3. The number of halogens is 2. The van der Waals surface area contributed by atoms with Gasteiger partial charge >= 0.3 is 6.09 Å². The second kappa shape index (κ2) is 10.3. The SMILES string of the molecule is CC1CCN(c2cc3c(cc2Cl)nc(Cc2cc(CNC(=O)OC(C)(C)C)ccc2Cl)n3C)CC1.